The van der Waals surface area contributed by atoms with Gasteiger partial charge >= 0.3 is 0 Å². The van der Waals surface area contributed by atoms with Gasteiger partial charge in [-0.25, -0.2) is 19.9 Å². The van der Waals surface area contributed by atoms with Crippen molar-refractivity contribution < 1.29 is 0 Å². The number of benzene rings is 3. The maximum absolute atomic E-state index is 5.21. The summed E-state index contributed by atoms with van der Waals surface area (Å²) in [5, 5.41) is 4.14. The number of hydrogen-bond acceptors (Lipinski definition) is 6. The van der Waals surface area contributed by atoms with Crippen LogP contribution in [0.4, 0.5) is 0 Å². The first kappa shape index (κ1) is 21.1. The Morgan fingerprint density at radius 1 is 0.389 bits per heavy atom. The highest BCUT2D eigenvalue weighted by atomic mass is 32.1. The summed E-state index contributed by atoms with van der Waals surface area (Å²) in [6, 6.07) is 32.7. The van der Waals surface area contributed by atoms with Crippen molar-refractivity contribution in [3.63, 3.8) is 0 Å². The second kappa shape index (κ2) is 8.75. The number of nitrogens with zero attached hydrogens (tertiary/aromatic N) is 4. The molecular weight excluding hydrogens is 480 g/mol. The third-order valence-electron chi connectivity index (χ3n) is 6.07. The summed E-state index contributed by atoms with van der Waals surface area (Å²) < 4.78 is 0. The first-order valence-corrected chi connectivity index (χ1v) is 13.3. The van der Waals surface area contributed by atoms with Crippen molar-refractivity contribution in [1.29, 1.82) is 0 Å². The molecule has 0 N–H and O–H groups in total. The molecule has 36 heavy (non-hydrogen) atoms. The van der Waals surface area contributed by atoms with Crippen molar-refractivity contribution in [2.24, 2.45) is 0 Å². The molecule has 0 amide bonds. The average Bonchev–Trinajstić information content (AvgIpc) is 3.68. The minimum Gasteiger partial charge on any atom is -0.244 e. The van der Waals surface area contributed by atoms with E-state index in [1.54, 1.807) is 22.7 Å². The number of thiophene rings is 2. The Hall–Kier alpha value is -4.26. The lowest BCUT2D eigenvalue weighted by molar-refractivity contribution is 1.27. The molecule has 0 aliphatic heterocycles. The third-order valence-corrected chi connectivity index (χ3v) is 7.83. The first-order valence-electron chi connectivity index (χ1n) is 11.6. The quantitative estimate of drug-likeness (QED) is 0.229. The van der Waals surface area contributed by atoms with Gasteiger partial charge in [0.05, 0.1) is 32.2 Å². The molecule has 0 bridgehead atoms. The second-order valence-corrected chi connectivity index (χ2v) is 10.2. The standard InChI is InChI=1S/C30H18N4S2/c1-3-9-19(10-4-1)25-26(20-11-5-2-6-12-20)33-27-21(31-25)15-16-22-28(27)34-30(24-14-8-18-36-24)29(32-22)23-13-7-17-35-23/h1-18H. The third kappa shape index (κ3) is 3.59. The van der Waals surface area contributed by atoms with E-state index in [9.17, 15) is 0 Å². The zero-order valence-electron chi connectivity index (χ0n) is 19.0. The highest BCUT2D eigenvalue weighted by Crippen LogP contribution is 2.38. The van der Waals surface area contributed by atoms with Crippen LogP contribution in [0.5, 0.6) is 0 Å². The van der Waals surface area contributed by atoms with Gasteiger partial charge in [0.2, 0.25) is 0 Å². The molecule has 0 aliphatic carbocycles. The van der Waals surface area contributed by atoms with Crippen molar-refractivity contribution in [2.45, 2.75) is 0 Å². The lowest BCUT2D eigenvalue weighted by Crippen LogP contribution is -1.99. The Morgan fingerprint density at radius 3 is 1.33 bits per heavy atom. The van der Waals surface area contributed by atoms with Crippen LogP contribution in [0.15, 0.2) is 108 Å². The first-order chi connectivity index (χ1) is 17.8. The zero-order valence-corrected chi connectivity index (χ0v) is 20.6. The Labute approximate surface area is 215 Å². The second-order valence-electron chi connectivity index (χ2n) is 8.33. The van der Waals surface area contributed by atoms with Crippen LogP contribution < -0.4 is 0 Å². The molecule has 4 heterocycles. The smallest absolute Gasteiger partial charge is 0.117 e. The molecule has 0 spiro atoms. The molecule has 0 unspecified atom stereocenters. The predicted molar refractivity (Wildman–Crippen MR) is 150 cm³/mol. The molecular formula is C30H18N4S2. The summed E-state index contributed by atoms with van der Waals surface area (Å²) >= 11 is 3.34. The maximum atomic E-state index is 5.21. The molecule has 4 aromatic heterocycles. The molecule has 7 rings (SSSR count). The molecule has 0 saturated heterocycles. The van der Waals surface area contributed by atoms with Crippen molar-refractivity contribution in [1.82, 2.24) is 19.9 Å². The molecule has 0 radical (unpaired) electrons. The van der Waals surface area contributed by atoms with Crippen LogP contribution in [0.25, 0.3) is 65.7 Å². The molecule has 0 aliphatic rings. The van der Waals surface area contributed by atoms with E-state index < -0.39 is 0 Å². The van der Waals surface area contributed by atoms with Crippen LogP contribution in [-0.2, 0) is 0 Å². The fourth-order valence-electron chi connectivity index (χ4n) is 4.40. The van der Waals surface area contributed by atoms with Crippen molar-refractivity contribution in [3.05, 3.63) is 108 Å². The van der Waals surface area contributed by atoms with E-state index >= 15 is 0 Å². The zero-order chi connectivity index (χ0) is 23.9. The summed E-state index contributed by atoms with van der Waals surface area (Å²) in [5.74, 6) is 0. The van der Waals surface area contributed by atoms with Gasteiger partial charge in [-0.05, 0) is 35.0 Å². The van der Waals surface area contributed by atoms with Crippen LogP contribution in [-0.4, -0.2) is 19.9 Å². The highest BCUT2D eigenvalue weighted by Gasteiger charge is 2.19. The molecule has 170 valence electrons. The van der Waals surface area contributed by atoms with Gasteiger partial charge in [-0.1, -0.05) is 72.8 Å². The van der Waals surface area contributed by atoms with Gasteiger partial charge in [0.15, 0.2) is 0 Å². The van der Waals surface area contributed by atoms with E-state index in [4.69, 9.17) is 19.9 Å². The van der Waals surface area contributed by atoms with E-state index in [1.165, 1.54) is 0 Å². The van der Waals surface area contributed by atoms with Gasteiger partial charge in [-0.15, -0.1) is 22.7 Å². The molecule has 0 atom stereocenters. The van der Waals surface area contributed by atoms with Crippen LogP contribution >= 0.6 is 22.7 Å². The van der Waals surface area contributed by atoms with E-state index in [1.807, 2.05) is 60.7 Å². The maximum Gasteiger partial charge on any atom is 0.117 e. The minimum atomic E-state index is 0.758. The number of rotatable bonds is 4. The highest BCUT2D eigenvalue weighted by molar-refractivity contribution is 7.14. The van der Waals surface area contributed by atoms with Crippen LogP contribution in [0, 0.1) is 0 Å². The summed E-state index contributed by atoms with van der Waals surface area (Å²) in [5.41, 5.74) is 8.66. The Kier molecular flexibility index (Phi) is 5.12. The lowest BCUT2D eigenvalue weighted by Gasteiger charge is -2.13. The van der Waals surface area contributed by atoms with E-state index in [2.05, 4.69) is 47.2 Å². The van der Waals surface area contributed by atoms with E-state index in [-0.39, 0.29) is 0 Å². The van der Waals surface area contributed by atoms with Gasteiger partial charge < -0.3 is 0 Å². The Bertz CT molecular complexity index is 1810. The Balaban J connectivity index is 1.56. The number of aromatic nitrogens is 4. The van der Waals surface area contributed by atoms with Crippen molar-refractivity contribution in [2.75, 3.05) is 0 Å². The van der Waals surface area contributed by atoms with Gasteiger partial charge in [0.25, 0.3) is 0 Å². The number of hydrogen-bond donors (Lipinski definition) is 0. The summed E-state index contributed by atoms with van der Waals surface area (Å²) in [6.45, 7) is 0. The normalized spacial score (nSPS) is 11.3. The van der Waals surface area contributed by atoms with E-state index in [0.29, 0.717) is 0 Å². The minimum absolute atomic E-state index is 0.758. The summed E-state index contributed by atoms with van der Waals surface area (Å²) in [6.07, 6.45) is 0. The molecule has 7 aromatic rings. The topological polar surface area (TPSA) is 51.6 Å². The van der Waals surface area contributed by atoms with Crippen LogP contribution in [0.1, 0.15) is 0 Å². The predicted octanol–water partition coefficient (Wildman–Crippen LogP) is 8.36. The molecule has 0 fully saturated rings. The van der Waals surface area contributed by atoms with Gasteiger partial charge in [-0.2, -0.15) is 0 Å². The lowest BCUT2D eigenvalue weighted by atomic mass is 10.0. The van der Waals surface area contributed by atoms with Gasteiger partial charge in [0.1, 0.15) is 22.4 Å². The monoisotopic (exact) mass is 498 g/mol. The van der Waals surface area contributed by atoms with E-state index in [0.717, 1.165) is 65.7 Å². The fourth-order valence-corrected chi connectivity index (χ4v) is 5.83. The fraction of sp³-hybridized carbons (Fsp3) is 0. The largest absolute Gasteiger partial charge is 0.244 e. The van der Waals surface area contributed by atoms with Crippen LogP contribution in [0.2, 0.25) is 0 Å². The molecule has 0 saturated carbocycles. The molecule has 6 heteroatoms. The van der Waals surface area contributed by atoms with Crippen molar-refractivity contribution in [3.8, 4) is 43.7 Å². The summed E-state index contributed by atoms with van der Waals surface area (Å²) in [4.78, 5) is 22.8. The SMILES string of the molecule is c1ccc(-c2nc3ccc4nc(-c5cccs5)c(-c5cccs5)nc4c3nc2-c2ccccc2)cc1. The summed E-state index contributed by atoms with van der Waals surface area (Å²) in [7, 11) is 0. The Morgan fingerprint density at radius 2 is 0.833 bits per heavy atom. The van der Waals surface area contributed by atoms with Crippen molar-refractivity contribution >= 4 is 44.7 Å². The van der Waals surface area contributed by atoms with Gasteiger partial charge in [-0.3, -0.25) is 0 Å². The molecule has 4 nitrogen and oxygen atoms in total. The number of fused-ring (bicyclic) bond motifs is 3. The van der Waals surface area contributed by atoms with Gasteiger partial charge in [0, 0.05) is 11.1 Å². The van der Waals surface area contributed by atoms with Crippen LogP contribution in [0.3, 0.4) is 0 Å². The molecule has 3 aromatic carbocycles. The average molecular weight is 499 g/mol.